The van der Waals surface area contributed by atoms with Crippen molar-refractivity contribution in [1.29, 1.82) is 0 Å². The number of carbonyl (C=O) groups is 1. The summed E-state index contributed by atoms with van der Waals surface area (Å²) in [6, 6.07) is 0. The Labute approximate surface area is 112 Å². The molecule has 0 aromatic rings. The molecule has 1 unspecified atom stereocenters. The fourth-order valence-corrected chi connectivity index (χ4v) is 1.97. The van der Waals surface area contributed by atoms with Crippen molar-refractivity contribution in [2.45, 2.75) is 58.9 Å². The van der Waals surface area contributed by atoms with Gasteiger partial charge in [-0.1, -0.05) is 13.8 Å². The van der Waals surface area contributed by atoms with Crippen molar-refractivity contribution in [3.05, 3.63) is 0 Å². The van der Waals surface area contributed by atoms with E-state index in [1.165, 1.54) is 6.42 Å². The van der Waals surface area contributed by atoms with Gasteiger partial charge in [-0.25, -0.2) is 0 Å². The van der Waals surface area contributed by atoms with Crippen molar-refractivity contribution in [2.75, 3.05) is 26.2 Å². The molecule has 0 saturated carbocycles. The maximum absolute atomic E-state index is 11.6. The molecule has 4 nitrogen and oxygen atoms in total. The first-order valence-electron chi connectivity index (χ1n) is 7.16. The van der Waals surface area contributed by atoms with Crippen molar-refractivity contribution < 1.29 is 9.53 Å². The summed E-state index contributed by atoms with van der Waals surface area (Å²) in [4.78, 5) is 14.0. The molecule has 1 atom stereocenters. The van der Waals surface area contributed by atoms with Crippen LogP contribution in [0.3, 0.4) is 0 Å². The SMILES string of the molecule is CCCN(CC)CCCCC(C)(N)C(=O)OCC. The van der Waals surface area contributed by atoms with Crippen LogP contribution in [0, 0.1) is 0 Å². The van der Waals surface area contributed by atoms with Crippen LogP contribution < -0.4 is 5.73 Å². The topological polar surface area (TPSA) is 55.6 Å². The Morgan fingerprint density at radius 3 is 2.39 bits per heavy atom. The minimum Gasteiger partial charge on any atom is -0.465 e. The number of esters is 1. The van der Waals surface area contributed by atoms with E-state index in [1.807, 2.05) is 0 Å². The Morgan fingerprint density at radius 2 is 1.89 bits per heavy atom. The van der Waals surface area contributed by atoms with Crippen LogP contribution >= 0.6 is 0 Å². The van der Waals surface area contributed by atoms with Gasteiger partial charge in [-0.2, -0.15) is 0 Å². The van der Waals surface area contributed by atoms with E-state index in [-0.39, 0.29) is 5.97 Å². The van der Waals surface area contributed by atoms with Crippen molar-refractivity contribution >= 4 is 5.97 Å². The van der Waals surface area contributed by atoms with Crippen molar-refractivity contribution in [3.63, 3.8) is 0 Å². The van der Waals surface area contributed by atoms with Gasteiger partial charge in [0, 0.05) is 0 Å². The second kappa shape index (κ2) is 9.34. The smallest absolute Gasteiger partial charge is 0.325 e. The van der Waals surface area contributed by atoms with Gasteiger partial charge >= 0.3 is 5.97 Å². The summed E-state index contributed by atoms with van der Waals surface area (Å²) < 4.78 is 4.97. The number of carbonyl (C=O) groups excluding carboxylic acids is 1. The predicted octanol–water partition coefficient (Wildman–Crippen LogP) is 2.17. The molecular weight excluding hydrogens is 228 g/mol. The number of unbranched alkanes of at least 4 members (excludes halogenated alkanes) is 1. The molecule has 0 spiro atoms. The van der Waals surface area contributed by atoms with Crippen LogP contribution in [0.25, 0.3) is 0 Å². The fraction of sp³-hybridized carbons (Fsp3) is 0.929. The Kier molecular flexibility index (Phi) is 9.02. The number of nitrogens with zero attached hydrogens (tertiary/aromatic N) is 1. The molecule has 0 rings (SSSR count). The molecule has 0 aliphatic carbocycles. The van der Waals surface area contributed by atoms with E-state index in [0.717, 1.165) is 32.5 Å². The van der Waals surface area contributed by atoms with Gasteiger partial charge in [0.05, 0.1) is 6.61 Å². The average Bonchev–Trinajstić information content (AvgIpc) is 2.33. The monoisotopic (exact) mass is 258 g/mol. The second-order valence-corrected chi connectivity index (χ2v) is 5.03. The van der Waals surface area contributed by atoms with E-state index >= 15 is 0 Å². The molecule has 0 fully saturated rings. The van der Waals surface area contributed by atoms with Crippen LogP contribution in [-0.2, 0) is 9.53 Å². The Morgan fingerprint density at radius 1 is 1.22 bits per heavy atom. The largest absolute Gasteiger partial charge is 0.465 e. The highest BCUT2D eigenvalue weighted by atomic mass is 16.5. The van der Waals surface area contributed by atoms with Gasteiger partial charge in [0.1, 0.15) is 5.54 Å². The highest BCUT2D eigenvalue weighted by molar-refractivity contribution is 5.79. The number of ether oxygens (including phenoxy) is 1. The minimum absolute atomic E-state index is 0.286. The summed E-state index contributed by atoms with van der Waals surface area (Å²) in [7, 11) is 0. The third-order valence-electron chi connectivity index (χ3n) is 3.15. The van der Waals surface area contributed by atoms with Crippen LogP contribution in [0.5, 0.6) is 0 Å². The summed E-state index contributed by atoms with van der Waals surface area (Å²) in [6.45, 7) is 11.7. The first-order chi connectivity index (χ1) is 8.47. The lowest BCUT2D eigenvalue weighted by atomic mass is 9.96. The highest BCUT2D eigenvalue weighted by Gasteiger charge is 2.28. The number of rotatable bonds is 10. The standard InChI is InChI=1S/C14H30N2O2/c1-5-11-16(6-2)12-9-8-10-14(4,15)13(17)18-7-3/h5-12,15H2,1-4H3. The van der Waals surface area contributed by atoms with E-state index < -0.39 is 5.54 Å². The molecule has 0 aromatic heterocycles. The molecule has 0 radical (unpaired) electrons. The van der Waals surface area contributed by atoms with Crippen LogP contribution in [0.1, 0.15) is 53.4 Å². The quantitative estimate of drug-likeness (QED) is 0.482. The van der Waals surface area contributed by atoms with Gasteiger partial charge in [-0.15, -0.1) is 0 Å². The third kappa shape index (κ3) is 6.97. The molecule has 108 valence electrons. The summed E-state index contributed by atoms with van der Waals surface area (Å²) in [6.07, 6.45) is 3.92. The lowest BCUT2D eigenvalue weighted by Crippen LogP contribution is -2.46. The van der Waals surface area contributed by atoms with Crippen LogP contribution in [0.4, 0.5) is 0 Å². The third-order valence-corrected chi connectivity index (χ3v) is 3.15. The molecule has 0 aliphatic heterocycles. The molecule has 0 aliphatic rings. The first-order valence-corrected chi connectivity index (χ1v) is 7.16. The van der Waals surface area contributed by atoms with E-state index in [0.29, 0.717) is 13.0 Å². The lowest BCUT2D eigenvalue weighted by Gasteiger charge is -2.23. The highest BCUT2D eigenvalue weighted by Crippen LogP contribution is 2.13. The molecule has 2 N–H and O–H groups in total. The van der Waals surface area contributed by atoms with Gasteiger partial charge in [-0.05, 0) is 59.2 Å². The predicted molar refractivity (Wildman–Crippen MR) is 75.5 cm³/mol. The van der Waals surface area contributed by atoms with Gasteiger partial charge in [0.2, 0.25) is 0 Å². The van der Waals surface area contributed by atoms with E-state index in [1.54, 1.807) is 13.8 Å². The maximum Gasteiger partial charge on any atom is 0.325 e. The van der Waals surface area contributed by atoms with Gasteiger partial charge < -0.3 is 15.4 Å². The van der Waals surface area contributed by atoms with Crippen molar-refractivity contribution in [3.8, 4) is 0 Å². The minimum atomic E-state index is -0.836. The zero-order valence-corrected chi connectivity index (χ0v) is 12.5. The Hall–Kier alpha value is -0.610. The van der Waals surface area contributed by atoms with E-state index in [4.69, 9.17) is 10.5 Å². The first kappa shape index (κ1) is 17.4. The van der Waals surface area contributed by atoms with Crippen LogP contribution in [0.2, 0.25) is 0 Å². The molecule has 4 heteroatoms. The van der Waals surface area contributed by atoms with Crippen molar-refractivity contribution in [2.24, 2.45) is 5.73 Å². The number of hydrogen-bond acceptors (Lipinski definition) is 4. The normalized spacial score (nSPS) is 14.6. The maximum atomic E-state index is 11.6. The second-order valence-electron chi connectivity index (χ2n) is 5.03. The van der Waals surface area contributed by atoms with Gasteiger partial charge in [-0.3, -0.25) is 4.79 Å². The number of hydrogen-bond donors (Lipinski definition) is 1. The molecule has 0 heterocycles. The van der Waals surface area contributed by atoms with Gasteiger partial charge in [0.25, 0.3) is 0 Å². The van der Waals surface area contributed by atoms with Crippen molar-refractivity contribution in [1.82, 2.24) is 4.90 Å². The average molecular weight is 258 g/mol. The molecule has 0 aromatic carbocycles. The van der Waals surface area contributed by atoms with E-state index in [9.17, 15) is 4.79 Å². The molecule has 18 heavy (non-hydrogen) atoms. The summed E-state index contributed by atoms with van der Waals surface area (Å²) in [5.41, 5.74) is 5.13. The molecular formula is C14H30N2O2. The molecule has 0 amide bonds. The number of nitrogens with two attached hydrogens (primary N) is 1. The zero-order chi connectivity index (χ0) is 14.0. The Balaban J connectivity index is 3.85. The summed E-state index contributed by atoms with van der Waals surface area (Å²) in [5.74, 6) is -0.286. The van der Waals surface area contributed by atoms with E-state index in [2.05, 4.69) is 18.7 Å². The summed E-state index contributed by atoms with van der Waals surface area (Å²) >= 11 is 0. The molecule has 0 saturated heterocycles. The summed E-state index contributed by atoms with van der Waals surface area (Å²) in [5, 5.41) is 0. The Bertz CT molecular complexity index is 230. The van der Waals surface area contributed by atoms with Crippen LogP contribution in [-0.4, -0.2) is 42.6 Å². The lowest BCUT2D eigenvalue weighted by molar-refractivity contribution is -0.149. The molecule has 0 bridgehead atoms. The fourth-order valence-electron chi connectivity index (χ4n) is 1.97. The zero-order valence-electron chi connectivity index (χ0n) is 12.5. The van der Waals surface area contributed by atoms with Crippen LogP contribution in [0.15, 0.2) is 0 Å². The van der Waals surface area contributed by atoms with Gasteiger partial charge in [0.15, 0.2) is 0 Å².